The van der Waals surface area contributed by atoms with Crippen LogP contribution in [0.15, 0.2) is 27.8 Å². The van der Waals surface area contributed by atoms with Crippen LogP contribution in [0.5, 0.6) is 5.75 Å². The normalized spacial score (nSPS) is 34.4. The summed E-state index contributed by atoms with van der Waals surface area (Å²) in [5.41, 5.74) is 6.09. The summed E-state index contributed by atoms with van der Waals surface area (Å²) < 4.78 is 6.33. The number of quaternary nitrogens is 1. The molecule has 5 heteroatoms. The number of rotatable bonds is 2. The Morgan fingerprint density at radius 1 is 1.35 bits per heavy atom. The predicted octanol–water partition coefficient (Wildman–Crippen LogP) is 1.14. The summed E-state index contributed by atoms with van der Waals surface area (Å²) in [7, 11) is 1.70. The Morgan fingerprint density at radius 2 is 2.15 bits per heavy atom. The highest BCUT2D eigenvalue weighted by atomic mass is 79.9. The van der Waals surface area contributed by atoms with Crippen LogP contribution in [0.25, 0.3) is 0 Å². The van der Waals surface area contributed by atoms with Gasteiger partial charge in [0.2, 0.25) is 0 Å². The Bertz CT molecular complexity index is 566. The first-order chi connectivity index (χ1) is 9.78. The lowest BCUT2D eigenvalue weighted by Crippen LogP contribution is -3.20. The van der Waals surface area contributed by atoms with E-state index in [9.17, 15) is 0 Å². The van der Waals surface area contributed by atoms with Gasteiger partial charge in [-0.15, -0.1) is 0 Å². The smallest absolute Gasteiger partial charge is 0.155 e. The molecule has 2 atom stereocenters. The van der Waals surface area contributed by atoms with E-state index in [0.29, 0.717) is 12.1 Å². The Hall–Kier alpha value is -1.07. The Morgan fingerprint density at radius 3 is 2.85 bits per heavy atom. The molecule has 0 radical (unpaired) electrons. The van der Waals surface area contributed by atoms with Gasteiger partial charge in [0.1, 0.15) is 17.5 Å². The number of nitrogens with zero attached hydrogens (tertiary/aromatic N) is 1. The zero-order valence-electron chi connectivity index (χ0n) is 11.5. The van der Waals surface area contributed by atoms with E-state index in [4.69, 9.17) is 4.74 Å². The van der Waals surface area contributed by atoms with Crippen molar-refractivity contribution in [3.8, 4) is 5.75 Å². The number of benzene rings is 1. The third kappa shape index (κ3) is 1.79. The largest absolute Gasteiger partial charge is 0.496 e. The molecule has 0 aromatic heterocycles. The van der Waals surface area contributed by atoms with Crippen molar-refractivity contribution in [2.75, 3.05) is 20.2 Å². The van der Waals surface area contributed by atoms with Crippen molar-refractivity contribution >= 4 is 21.6 Å². The van der Waals surface area contributed by atoms with Gasteiger partial charge in [-0.3, -0.25) is 5.43 Å². The summed E-state index contributed by atoms with van der Waals surface area (Å²) in [4.78, 5) is 1.70. The van der Waals surface area contributed by atoms with E-state index in [1.165, 1.54) is 37.2 Å². The van der Waals surface area contributed by atoms with Crippen LogP contribution in [0, 0.1) is 5.92 Å². The number of methoxy groups -OCH3 is 1. The van der Waals surface area contributed by atoms with Crippen molar-refractivity contribution in [1.82, 2.24) is 5.43 Å². The Balaban J connectivity index is 1.66. The first-order valence-corrected chi connectivity index (χ1v) is 8.08. The quantitative estimate of drug-likeness (QED) is 0.849. The molecule has 106 valence electrons. The van der Waals surface area contributed by atoms with Crippen LogP contribution >= 0.6 is 15.9 Å². The van der Waals surface area contributed by atoms with Gasteiger partial charge in [0, 0.05) is 18.8 Å². The molecule has 0 amide bonds. The van der Waals surface area contributed by atoms with E-state index < -0.39 is 0 Å². The van der Waals surface area contributed by atoms with Gasteiger partial charge in [-0.2, -0.15) is 5.10 Å². The minimum Gasteiger partial charge on any atom is -0.496 e. The predicted molar refractivity (Wildman–Crippen MR) is 81.2 cm³/mol. The highest BCUT2D eigenvalue weighted by Gasteiger charge is 2.50. The third-order valence-electron chi connectivity index (χ3n) is 5.01. The van der Waals surface area contributed by atoms with Crippen LogP contribution in [0.2, 0.25) is 0 Å². The van der Waals surface area contributed by atoms with Crippen molar-refractivity contribution in [2.45, 2.75) is 24.9 Å². The van der Waals surface area contributed by atoms with Crippen LogP contribution in [-0.2, 0) is 0 Å². The molecule has 4 aliphatic heterocycles. The lowest BCUT2D eigenvalue weighted by atomic mass is 9.78. The monoisotopic (exact) mass is 336 g/mol. The van der Waals surface area contributed by atoms with E-state index >= 15 is 0 Å². The SMILES string of the molecule is COc1ccc([C@@H]2NN=C3C4CC[NH+](CC4)[C@H]32)cc1Br. The average molecular weight is 337 g/mol. The second-order valence-corrected chi connectivity index (χ2v) is 6.80. The number of piperidine rings is 3. The van der Waals surface area contributed by atoms with Gasteiger partial charge >= 0.3 is 0 Å². The number of fused-ring (bicyclic) bond motifs is 2. The van der Waals surface area contributed by atoms with Gasteiger partial charge in [0.05, 0.1) is 24.7 Å². The molecule has 2 bridgehead atoms. The van der Waals surface area contributed by atoms with Crippen molar-refractivity contribution in [1.29, 1.82) is 0 Å². The topological polar surface area (TPSA) is 38.1 Å². The zero-order valence-corrected chi connectivity index (χ0v) is 13.1. The lowest BCUT2D eigenvalue weighted by molar-refractivity contribution is -0.927. The molecule has 3 fully saturated rings. The van der Waals surface area contributed by atoms with Crippen LogP contribution in [-0.4, -0.2) is 32.0 Å². The fourth-order valence-corrected chi connectivity index (χ4v) is 4.55. The van der Waals surface area contributed by atoms with E-state index in [-0.39, 0.29) is 0 Å². The number of hydrogen-bond donors (Lipinski definition) is 2. The maximum absolute atomic E-state index is 5.32. The highest BCUT2D eigenvalue weighted by Crippen LogP contribution is 2.33. The highest BCUT2D eigenvalue weighted by molar-refractivity contribution is 9.10. The van der Waals surface area contributed by atoms with Crippen LogP contribution < -0.4 is 15.1 Å². The molecule has 5 rings (SSSR count). The van der Waals surface area contributed by atoms with Crippen molar-refractivity contribution in [3.05, 3.63) is 28.2 Å². The number of halogens is 1. The second kappa shape index (κ2) is 4.74. The van der Waals surface area contributed by atoms with E-state index in [0.717, 1.165) is 16.1 Å². The van der Waals surface area contributed by atoms with Gasteiger partial charge in [0.15, 0.2) is 6.04 Å². The molecule has 0 unspecified atom stereocenters. The Labute approximate surface area is 127 Å². The lowest BCUT2D eigenvalue weighted by Gasteiger charge is -2.42. The minimum absolute atomic E-state index is 0.310. The zero-order chi connectivity index (χ0) is 13.7. The summed E-state index contributed by atoms with van der Waals surface area (Å²) in [6.45, 7) is 2.59. The molecule has 4 heterocycles. The standard InChI is InChI=1S/C15H18BrN3O/c1-20-12-3-2-10(8-11(12)16)14-15-13(17-18-14)9-4-6-19(15)7-5-9/h2-3,8-9,14-15,18H,4-7H2,1H3/p+1/t14-,15+/m0/s1. The molecule has 4 nitrogen and oxygen atoms in total. The molecule has 1 aromatic carbocycles. The minimum atomic E-state index is 0.310. The summed E-state index contributed by atoms with van der Waals surface area (Å²) >= 11 is 3.59. The molecule has 1 aromatic rings. The summed E-state index contributed by atoms with van der Waals surface area (Å²) in [6, 6.07) is 7.19. The Kier molecular flexibility index (Phi) is 3.00. The molecule has 2 N–H and O–H groups in total. The summed E-state index contributed by atoms with van der Waals surface area (Å²) in [6.07, 6.45) is 2.62. The van der Waals surface area contributed by atoms with Crippen molar-refractivity contribution < 1.29 is 9.64 Å². The second-order valence-electron chi connectivity index (χ2n) is 5.95. The van der Waals surface area contributed by atoms with E-state index in [1.807, 2.05) is 6.07 Å². The number of nitrogens with one attached hydrogen (secondary N) is 2. The number of hydrazone groups is 1. The first kappa shape index (κ1) is 12.7. The maximum atomic E-state index is 5.32. The molecule has 3 saturated heterocycles. The van der Waals surface area contributed by atoms with Crippen molar-refractivity contribution in [3.63, 3.8) is 0 Å². The third-order valence-corrected chi connectivity index (χ3v) is 5.63. The van der Waals surface area contributed by atoms with Crippen LogP contribution in [0.3, 0.4) is 0 Å². The van der Waals surface area contributed by atoms with E-state index in [2.05, 4.69) is 38.6 Å². The van der Waals surface area contributed by atoms with Crippen LogP contribution in [0.1, 0.15) is 24.4 Å². The molecule has 0 spiro atoms. The molecule has 4 aliphatic rings. The van der Waals surface area contributed by atoms with Crippen molar-refractivity contribution in [2.24, 2.45) is 11.0 Å². The average Bonchev–Trinajstić information content (AvgIpc) is 2.95. The fraction of sp³-hybridized carbons (Fsp3) is 0.533. The van der Waals surface area contributed by atoms with Gasteiger partial charge in [-0.1, -0.05) is 6.07 Å². The molecular weight excluding hydrogens is 318 g/mol. The molecule has 20 heavy (non-hydrogen) atoms. The fourth-order valence-electron chi connectivity index (χ4n) is 3.99. The van der Waals surface area contributed by atoms with Crippen LogP contribution in [0.4, 0.5) is 0 Å². The van der Waals surface area contributed by atoms with E-state index in [1.54, 1.807) is 12.0 Å². The summed E-state index contributed by atoms with van der Waals surface area (Å²) in [5.74, 6) is 1.60. The molecule has 0 aliphatic carbocycles. The summed E-state index contributed by atoms with van der Waals surface area (Å²) in [5, 5.41) is 4.67. The van der Waals surface area contributed by atoms with Gasteiger partial charge in [0.25, 0.3) is 0 Å². The molecular formula is C15H19BrN3O+. The van der Waals surface area contributed by atoms with Gasteiger partial charge < -0.3 is 9.64 Å². The number of hydrogen-bond acceptors (Lipinski definition) is 3. The van der Waals surface area contributed by atoms with Gasteiger partial charge in [-0.05, 0) is 33.6 Å². The molecule has 0 saturated carbocycles. The first-order valence-electron chi connectivity index (χ1n) is 7.29. The maximum Gasteiger partial charge on any atom is 0.155 e. The van der Waals surface area contributed by atoms with Gasteiger partial charge in [-0.25, -0.2) is 0 Å². The number of ether oxygens (including phenoxy) is 1.